The fourth-order valence-corrected chi connectivity index (χ4v) is 4.96. The minimum Gasteiger partial charge on any atom is -0.486 e. The molecule has 0 bridgehead atoms. The lowest BCUT2D eigenvalue weighted by molar-refractivity contribution is -0.139. The van der Waals surface area contributed by atoms with E-state index in [1.165, 1.54) is 0 Å². The molecule has 6 nitrogen and oxygen atoms in total. The number of fused-ring (bicyclic) bond motifs is 1. The second kappa shape index (κ2) is 7.52. The van der Waals surface area contributed by atoms with Crippen LogP contribution in [0.1, 0.15) is 41.6 Å². The number of aryl methyl sites for hydroxylation is 1. The van der Waals surface area contributed by atoms with Crippen molar-refractivity contribution in [2.75, 3.05) is 24.5 Å². The molecule has 3 heterocycles. The second-order valence-corrected chi connectivity index (χ2v) is 8.95. The fraction of sp³-hybridized carbons (Fsp3) is 0.400. The van der Waals surface area contributed by atoms with Gasteiger partial charge in [0.05, 0.1) is 17.9 Å². The second-order valence-electron chi connectivity index (χ2n) is 8.95. The van der Waals surface area contributed by atoms with Crippen molar-refractivity contribution >= 4 is 23.3 Å². The van der Waals surface area contributed by atoms with E-state index in [-0.39, 0.29) is 29.9 Å². The smallest absolute Gasteiger partial charge is 0.228 e. The SMILES string of the molecule is Cc1ccc(N2C[C@H](C(=O)N3CCC4(CC3)CC(=O)c3ccccc3O4)CC2=O)cc1. The third-order valence-electron chi connectivity index (χ3n) is 6.80. The topological polar surface area (TPSA) is 66.9 Å². The van der Waals surface area contributed by atoms with Crippen molar-refractivity contribution in [3.05, 3.63) is 59.7 Å². The van der Waals surface area contributed by atoms with Crippen molar-refractivity contribution in [1.29, 1.82) is 0 Å². The zero-order valence-corrected chi connectivity index (χ0v) is 17.7. The van der Waals surface area contributed by atoms with Crippen molar-refractivity contribution in [2.24, 2.45) is 5.92 Å². The molecule has 5 rings (SSSR count). The van der Waals surface area contributed by atoms with Crippen LogP contribution in [0.4, 0.5) is 5.69 Å². The lowest BCUT2D eigenvalue weighted by Gasteiger charge is -2.44. The molecule has 6 heteroatoms. The summed E-state index contributed by atoms with van der Waals surface area (Å²) in [7, 11) is 0. The van der Waals surface area contributed by atoms with Gasteiger partial charge in [-0.1, -0.05) is 29.8 Å². The molecule has 0 N–H and O–H groups in total. The summed E-state index contributed by atoms with van der Waals surface area (Å²) >= 11 is 0. The van der Waals surface area contributed by atoms with Crippen LogP contribution >= 0.6 is 0 Å². The Labute approximate surface area is 181 Å². The van der Waals surface area contributed by atoms with Gasteiger partial charge in [0.25, 0.3) is 0 Å². The minimum absolute atomic E-state index is 0.00602. The molecule has 2 fully saturated rings. The minimum atomic E-state index is -0.526. The Bertz CT molecular complexity index is 1040. The molecule has 3 aliphatic heterocycles. The number of carbonyl (C=O) groups excluding carboxylic acids is 3. The zero-order valence-electron chi connectivity index (χ0n) is 17.7. The van der Waals surface area contributed by atoms with Gasteiger partial charge in [-0.05, 0) is 31.2 Å². The lowest BCUT2D eigenvalue weighted by atomic mass is 9.82. The monoisotopic (exact) mass is 418 g/mol. The number of hydrogen-bond donors (Lipinski definition) is 0. The van der Waals surface area contributed by atoms with Crippen LogP contribution in [0, 0.1) is 12.8 Å². The maximum absolute atomic E-state index is 13.2. The van der Waals surface area contributed by atoms with Gasteiger partial charge in [-0.25, -0.2) is 0 Å². The summed E-state index contributed by atoms with van der Waals surface area (Å²) in [6.45, 7) is 3.52. The molecule has 31 heavy (non-hydrogen) atoms. The van der Waals surface area contributed by atoms with Gasteiger partial charge < -0.3 is 14.5 Å². The van der Waals surface area contributed by atoms with Gasteiger partial charge in [-0.2, -0.15) is 0 Å². The highest BCUT2D eigenvalue weighted by atomic mass is 16.5. The standard InChI is InChI=1S/C25H26N2O4/c1-17-6-8-19(9-7-17)27-16-18(14-23(27)29)24(30)26-12-10-25(11-13-26)15-21(28)20-4-2-3-5-22(20)31-25/h2-9,18H,10-16H2,1H3/t18-/m1/s1. The molecule has 2 amide bonds. The van der Waals surface area contributed by atoms with E-state index in [9.17, 15) is 14.4 Å². The maximum atomic E-state index is 13.2. The van der Waals surface area contributed by atoms with E-state index in [4.69, 9.17) is 4.74 Å². The van der Waals surface area contributed by atoms with Gasteiger partial charge in [0.15, 0.2) is 5.78 Å². The van der Waals surface area contributed by atoms with Crippen LogP contribution in [0.5, 0.6) is 5.75 Å². The Morgan fingerprint density at radius 3 is 2.48 bits per heavy atom. The average Bonchev–Trinajstić information content (AvgIpc) is 3.16. The number of amides is 2. The van der Waals surface area contributed by atoms with Gasteiger partial charge in [0, 0.05) is 44.6 Å². The first-order valence-electron chi connectivity index (χ1n) is 10.9. The predicted octanol–water partition coefficient (Wildman–Crippen LogP) is 3.37. The van der Waals surface area contributed by atoms with Gasteiger partial charge in [0.2, 0.25) is 11.8 Å². The number of hydrogen-bond acceptors (Lipinski definition) is 4. The fourth-order valence-electron chi connectivity index (χ4n) is 4.96. The van der Waals surface area contributed by atoms with E-state index in [0.717, 1.165) is 11.3 Å². The first kappa shape index (κ1) is 19.8. The number of anilines is 1. The number of rotatable bonds is 2. The summed E-state index contributed by atoms with van der Waals surface area (Å²) in [6, 6.07) is 15.2. The number of benzene rings is 2. The van der Waals surface area contributed by atoms with Crippen LogP contribution in [0.2, 0.25) is 0 Å². The Kier molecular flexibility index (Phi) is 4.80. The van der Waals surface area contributed by atoms with Gasteiger partial charge in [-0.3, -0.25) is 14.4 Å². The largest absolute Gasteiger partial charge is 0.486 e. The van der Waals surface area contributed by atoms with Crippen molar-refractivity contribution < 1.29 is 19.1 Å². The van der Waals surface area contributed by atoms with Crippen LogP contribution in [-0.4, -0.2) is 47.7 Å². The van der Waals surface area contributed by atoms with E-state index in [0.29, 0.717) is 50.2 Å². The number of piperidine rings is 1. The van der Waals surface area contributed by atoms with Crippen LogP contribution in [-0.2, 0) is 9.59 Å². The van der Waals surface area contributed by atoms with Crippen LogP contribution in [0.25, 0.3) is 0 Å². The Morgan fingerprint density at radius 1 is 1.03 bits per heavy atom. The first-order valence-corrected chi connectivity index (χ1v) is 10.9. The predicted molar refractivity (Wildman–Crippen MR) is 116 cm³/mol. The number of ether oxygens (including phenoxy) is 1. The average molecular weight is 418 g/mol. The highest BCUT2D eigenvalue weighted by Gasteiger charge is 2.45. The highest BCUT2D eigenvalue weighted by molar-refractivity contribution is 6.01. The molecular weight excluding hydrogens is 392 g/mol. The number of likely N-dealkylation sites (tertiary alicyclic amines) is 1. The zero-order chi connectivity index (χ0) is 21.6. The van der Waals surface area contributed by atoms with E-state index < -0.39 is 5.60 Å². The maximum Gasteiger partial charge on any atom is 0.228 e. The normalized spacial score (nSPS) is 22.4. The molecule has 2 saturated heterocycles. The molecule has 160 valence electrons. The van der Waals surface area contributed by atoms with Crippen molar-refractivity contribution in [2.45, 2.75) is 38.2 Å². The van der Waals surface area contributed by atoms with Crippen molar-refractivity contribution in [3.8, 4) is 5.75 Å². The Balaban J connectivity index is 1.23. The number of Topliss-reactive ketones (excluding diaryl/α,β-unsaturated/α-hetero) is 1. The quantitative estimate of drug-likeness (QED) is 0.750. The van der Waals surface area contributed by atoms with E-state index in [1.54, 1.807) is 11.0 Å². The van der Waals surface area contributed by atoms with Gasteiger partial charge >= 0.3 is 0 Å². The molecule has 2 aromatic rings. The summed E-state index contributed by atoms with van der Waals surface area (Å²) in [5.74, 6) is 0.455. The Hall–Kier alpha value is -3.15. The molecule has 2 aromatic carbocycles. The van der Waals surface area contributed by atoms with Crippen LogP contribution in [0.15, 0.2) is 48.5 Å². The van der Waals surface area contributed by atoms with E-state index in [1.807, 2.05) is 54.3 Å². The summed E-state index contributed by atoms with van der Waals surface area (Å²) in [5, 5.41) is 0. The van der Waals surface area contributed by atoms with Crippen molar-refractivity contribution in [3.63, 3.8) is 0 Å². The summed E-state index contributed by atoms with van der Waals surface area (Å²) < 4.78 is 6.26. The molecule has 0 radical (unpaired) electrons. The molecule has 0 aromatic heterocycles. The van der Waals surface area contributed by atoms with Gasteiger partial charge in [0.1, 0.15) is 11.4 Å². The lowest BCUT2D eigenvalue weighted by Crippen LogP contribution is -2.53. The molecule has 1 spiro atoms. The molecule has 0 saturated carbocycles. The van der Waals surface area contributed by atoms with Crippen LogP contribution in [0.3, 0.4) is 0 Å². The molecular formula is C25H26N2O4. The highest BCUT2D eigenvalue weighted by Crippen LogP contribution is 2.39. The number of carbonyl (C=O) groups is 3. The third kappa shape index (κ3) is 3.60. The Morgan fingerprint density at radius 2 is 1.74 bits per heavy atom. The third-order valence-corrected chi connectivity index (χ3v) is 6.80. The van der Waals surface area contributed by atoms with E-state index in [2.05, 4.69) is 0 Å². The first-order chi connectivity index (χ1) is 14.9. The summed E-state index contributed by atoms with van der Waals surface area (Å²) in [4.78, 5) is 41.9. The number of para-hydroxylation sites is 1. The molecule has 1 atom stereocenters. The summed E-state index contributed by atoms with van der Waals surface area (Å²) in [5.41, 5.74) is 2.10. The summed E-state index contributed by atoms with van der Waals surface area (Å²) in [6.07, 6.45) is 1.86. The van der Waals surface area contributed by atoms with Crippen molar-refractivity contribution in [1.82, 2.24) is 4.90 Å². The van der Waals surface area contributed by atoms with E-state index >= 15 is 0 Å². The molecule has 0 unspecified atom stereocenters. The number of nitrogens with zero attached hydrogens (tertiary/aromatic N) is 2. The van der Waals surface area contributed by atoms with Gasteiger partial charge in [-0.15, -0.1) is 0 Å². The number of ketones is 1. The van der Waals surface area contributed by atoms with Crippen LogP contribution < -0.4 is 9.64 Å². The molecule has 0 aliphatic carbocycles. The molecule has 3 aliphatic rings.